The molecule has 5 heteroatoms. The van der Waals surface area contributed by atoms with E-state index in [-0.39, 0.29) is 11.5 Å². The molecule has 0 fully saturated rings. The van der Waals surface area contributed by atoms with Gasteiger partial charge in [0, 0.05) is 44.0 Å². The Morgan fingerprint density at radius 1 is 1.53 bits per heavy atom. The summed E-state index contributed by atoms with van der Waals surface area (Å²) in [5, 5.41) is 0. The van der Waals surface area contributed by atoms with Crippen LogP contribution >= 0.6 is 0 Å². The van der Waals surface area contributed by atoms with Crippen molar-refractivity contribution >= 4 is 5.91 Å². The highest BCUT2D eigenvalue weighted by Crippen LogP contribution is 2.13. The summed E-state index contributed by atoms with van der Waals surface area (Å²) in [5.41, 5.74) is 5.37. The lowest BCUT2D eigenvalue weighted by atomic mass is 10.0. The van der Waals surface area contributed by atoms with E-state index in [9.17, 15) is 9.59 Å². The van der Waals surface area contributed by atoms with Crippen molar-refractivity contribution in [1.82, 2.24) is 9.47 Å². The number of pyridine rings is 1. The van der Waals surface area contributed by atoms with E-state index in [1.165, 1.54) is 10.6 Å². The van der Waals surface area contributed by atoms with Crippen molar-refractivity contribution in [3.63, 3.8) is 0 Å². The average molecular weight is 237 g/mol. The van der Waals surface area contributed by atoms with Crippen LogP contribution in [0.1, 0.15) is 24.2 Å². The van der Waals surface area contributed by atoms with Crippen molar-refractivity contribution in [2.45, 2.75) is 19.4 Å². The number of amides is 1. The van der Waals surface area contributed by atoms with Gasteiger partial charge >= 0.3 is 0 Å². The van der Waals surface area contributed by atoms with Crippen LogP contribution in [0.15, 0.2) is 23.1 Å². The van der Waals surface area contributed by atoms with Gasteiger partial charge in [-0.05, 0) is 19.9 Å². The molecule has 0 spiro atoms. The van der Waals surface area contributed by atoms with Crippen molar-refractivity contribution < 1.29 is 4.79 Å². The smallest absolute Gasteiger partial charge is 0.254 e. The molecule has 0 saturated heterocycles. The molecule has 0 aliphatic carbocycles. The maximum absolute atomic E-state index is 12.1. The molecule has 0 aromatic carbocycles. The van der Waals surface area contributed by atoms with Crippen LogP contribution in [0.5, 0.6) is 0 Å². The predicted octanol–water partition coefficient (Wildman–Crippen LogP) is 0.195. The van der Waals surface area contributed by atoms with Crippen LogP contribution in [0, 0.1) is 0 Å². The summed E-state index contributed by atoms with van der Waals surface area (Å²) < 4.78 is 1.42. The van der Waals surface area contributed by atoms with Gasteiger partial charge in [0.05, 0.1) is 0 Å². The third kappa shape index (κ3) is 2.74. The number of aryl methyl sites for hydroxylation is 1. The number of nitrogens with two attached hydrogens (primary N) is 1. The fourth-order valence-electron chi connectivity index (χ4n) is 1.29. The summed E-state index contributed by atoms with van der Waals surface area (Å²) >= 11 is 0. The van der Waals surface area contributed by atoms with Gasteiger partial charge in [-0.15, -0.1) is 0 Å². The Bertz CT molecular complexity index is 477. The molecular formula is C12H19N3O2. The molecule has 0 saturated carbocycles. The maximum atomic E-state index is 12.1. The summed E-state index contributed by atoms with van der Waals surface area (Å²) in [6.45, 7) is 4.12. The molecule has 1 rings (SSSR count). The summed E-state index contributed by atoms with van der Waals surface area (Å²) in [4.78, 5) is 25.1. The first kappa shape index (κ1) is 13.4. The van der Waals surface area contributed by atoms with Gasteiger partial charge in [0.25, 0.3) is 11.5 Å². The van der Waals surface area contributed by atoms with Crippen LogP contribution in [0.4, 0.5) is 0 Å². The SMILES string of the molecule is CN(C(=O)c1ccn(C)c(=O)c1)C(C)(C)CN. The number of hydrogen-bond acceptors (Lipinski definition) is 3. The quantitative estimate of drug-likeness (QED) is 0.816. The van der Waals surface area contributed by atoms with Gasteiger partial charge < -0.3 is 15.2 Å². The molecule has 0 atom stereocenters. The molecule has 17 heavy (non-hydrogen) atoms. The second kappa shape index (κ2) is 4.71. The average Bonchev–Trinajstić information content (AvgIpc) is 2.30. The molecule has 2 N–H and O–H groups in total. The summed E-state index contributed by atoms with van der Waals surface area (Å²) in [6, 6.07) is 2.97. The zero-order chi connectivity index (χ0) is 13.2. The minimum Gasteiger partial charge on any atom is -0.335 e. The van der Waals surface area contributed by atoms with E-state index in [4.69, 9.17) is 5.73 Å². The highest BCUT2D eigenvalue weighted by molar-refractivity contribution is 5.94. The standard InChI is InChI=1S/C12H19N3O2/c1-12(2,8-13)15(4)11(17)9-5-6-14(3)10(16)7-9/h5-7H,8,13H2,1-4H3. The van der Waals surface area contributed by atoms with Crippen molar-refractivity contribution in [3.8, 4) is 0 Å². The van der Waals surface area contributed by atoms with Gasteiger partial charge in [-0.3, -0.25) is 9.59 Å². The first-order valence-corrected chi connectivity index (χ1v) is 5.44. The normalized spacial score (nSPS) is 11.4. The molecular weight excluding hydrogens is 218 g/mol. The molecule has 94 valence electrons. The van der Waals surface area contributed by atoms with E-state index in [0.29, 0.717) is 12.1 Å². The Hall–Kier alpha value is -1.62. The van der Waals surface area contributed by atoms with Crippen LogP contribution in [0.3, 0.4) is 0 Å². The number of carbonyl (C=O) groups excluding carboxylic acids is 1. The lowest BCUT2D eigenvalue weighted by Crippen LogP contribution is -2.50. The lowest BCUT2D eigenvalue weighted by Gasteiger charge is -2.34. The number of rotatable bonds is 3. The molecule has 1 amide bonds. The van der Waals surface area contributed by atoms with Crippen molar-refractivity contribution in [1.29, 1.82) is 0 Å². The molecule has 0 bridgehead atoms. The van der Waals surface area contributed by atoms with E-state index >= 15 is 0 Å². The maximum Gasteiger partial charge on any atom is 0.254 e. The lowest BCUT2D eigenvalue weighted by molar-refractivity contribution is 0.0640. The summed E-state index contributed by atoms with van der Waals surface area (Å²) in [5.74, 6) is -0.196. The number of hydrogen-bond donors (Lipinski definition) is 1. The molecule has 0 radical (unpaired) electrons. The molecule has 5 nitrogen and oxygen atoms in total. The van der Waals surface area contributed by atoms with Gasteiger partial charge in [-0.25, -0.2) is 0 Å². The van der Waals surface area contributed by atoms with Gasteiger partial charge in [0.1, 0.15) is 0 Å². The van der Waals surface area contributed by atoms with Crippen LogP contribution in [0.25, 0.3) is 0 Å². The van der Waals surface area contributed by atoms with E-state index < -0.39 is 5.54 Å². The van der Waals surface area contributed by atoms with Crippen LogP contribution in [-0.2, 0) is 7.05 Å². The Morgan fingerprint density at radius 2 is 2.12 bits per heavy atom. The monoisotopic (exact) mass is 237 g/mol. The van der Waals surface area contributed by atoms with E-state index in [2.05, 4.69) is 0 Å². The zero-order valence-electron chi connectivity index (χ0n) is 10.7. The molecule has 1 heterocycles. The van der Waals surface area contributed by atoms with Crippen LogP contribution in [-0.4, -0.2) is 34.5 Å². The van der Waals surface area contributed by atoms with E-state index in [1.807, 2.05) is 13.8 Å². The third-order valence-electron chi connectivity index (χ3n) is 3.06. The number of nitrogens with zero attached hydrogens (tertiary/aromatic N) is 2. The molecule has 0 unspecified atom stereocenters. The van der Waals surface area contributed by atoms with Gasteiger partial charge in [0.2, 0.25) is 0 Å². The van der Waals surface area contributed by atoms with Gasteiger partial charge in [0.15, 0.2) is 0 Å². The van der Waals surface area contributed by atoms with Crippen molar-refractivity contribution in [2.75, 3.05) is 13.6 Å². The van der Waals surface area contributed by atoms with Gasteiger partial charge in [-0.2, -0.15) is 0 Å². The second-order valence-corrected chi connectivity index (χ2v) is 4.75. The second-order valence-electron chi connectivity index (χ2n) is 4.75. The molecule has 1 aromatic rings. The van der Waals surface area contributed by atoms with Crippen LogP contribution < -0.4 is 11.3 Å². The van der Waals surface area contributed by atoms with Crippen molar-refractivity contribution in [2.24, 2.45) is 12.8 Å². The molecule has 0 aliphatic rings. The highest BCUT2D eigenvalue weighted by Gasteiger charge is 2.26. The Kier molecular flexibility index (Phi) is 3.72. The first-order valence-electron chi connectivity index (χ1n) is 5.44. The molecule has 0 aliphatic heterocycles. The Morgan fingerprint density at radius 3 is 2.59 bits per heavy atom. The Balaban J connectivity index is 3.05. The van der Waals surface area contributed by atoms with Gasteiger partial charge in [-0.1, -0.05) is 0 Å². The number of likely N-dealkylation sites (N-methyl/N-ethyl adjacent to an activating group) is 1. The predicted molar refractivity (Wildman–Crippen MR) is 66.9 cm³/mol. The highest BCUT2D eigenvalue weighted by atomic mass is 16.2. The minimum absolute atomic E-state index is 0.196. The summed E-state index contributed by atoms with van der Waals surface area (Å²) in [7, 11) is 3.33. The fourth-order valence-corrected chi connectivity index (χ4v) is 1.29. The zero-order valence-corrected chi connectivity index (χ0v) is 10.7. The molecule has 1 aromatic heterocycles. The topological polar surface area (TPSA) is 68.3 Å². The number of aromatic nitrogens is 1. The van der Waals surface area contributed by atoms with E-state index in [0.717, 1.165) is 0 Å². The third-order valence-corrected chi connectivity index (χ3v) is 3.06. The minimum atomic E-state index is -0.432. The summed E-state index contributed by atoms with van der Waals surface area (Å²) in [6.07, 6.45) is 1.58. The van der Waals surface area contributed by atoms with E-state index in [1.54, 1.807) is 31.3 Å². The van der Waals surface area contributed by atoms with Crippen LogP contribution in [0.2, 0.25) is 0 Å². The fraction of sp³-hybridized carbons (Fsp3) is 0.500. The van der Waals surface area contributed by atoms with Crippen molar-refractivity contribution in [3.05, 3.63) is 34.2 Å². The first-order chi connectivity index (χ1) is 7.79. The largest absolute Gasteiger partial charge is 0.335 e. The Labute approximate surface area is 101 Å². The number of carbonyl (C=O) groups is 1.